The lowest BCUT2D eigenvalue weighted by Gasteiger charge is -2.19. The number of nitrogens with zero attached hydrogens (tertiary/aromatic N) is 4. The van der Waals surface area contributed by atoms with Crippen molar-refractivity contribution in [1.82, 2.24) is 9.13 Å². The Morgan fingerprint density at radius 3 is 1.20 bits per heavy atom. The van der Waals surface area contributed by atoms with E-state index < -0.39 is 0 Å². The lowest BCUT2D eigenvalue weighted by Crippen LogP contribution is -2.08. The van der Waals surface area contributed by atoms with Crippen molar-refractivity contribution in [2.75, 3.05) is 0 Å². The van der Waals surface area contributed by atoms with Crippen molar-refractivity contribution in [2.45, 2.75) is 0 Å². The molecular formula is C44H22N4S2. The van der Waals surface area contributed by atoms with Crippen molar-refractivity contribution < 1.29 is 0 Å². The number of para-hydroxylation sites is 2. The molecule has 4 heterocycles. The van der Waals surface area contributed by atoms with E-state index in [4.69, 9.17) is 0 Å². The van der Waals surface area contributed by atoms with E-state index in [-0.39, 0.29) is 0 Å². The molecule has 0 unspecified atom stereocenters. The smallest absolute Gasteiger partial charge is 0.101 e. The van der Waals surface area contributed by atoms with Gasteiger partial charge in [-0.3, -0.25) is 0 Å². The van der Waals surface area contributed by atoms with Crippen molar-refractivity contribution in [3.05, 3.63) is 145 Å². The first-order valence-corrected chi connectivity index (χ1v) is 18.0. The van der Waals surface area contributed by atoms with Crippen LogP contribution in [-0.4, -0.2) is 9.13 Å². The number of benzene rings is 7. The van der Waals surface area contributed by atoms with Gasteiger partial charge in [-0.2, -0.15) is 10.5 Å². The topological polar surface area (TPSA) is 57.4 Å². The van der Waals surface area contributed by atoms with Gasteiger partial charge in [0.25, 0.3) is 0 Å². The summed E-state index contributed by atoms with van der Waals surface area (Å²) in [6.07, 6.45) is 0. The Kier molecular flexibility index (Phi) is 5.52. The summed E-state index contributed by atoms with van der Waals surface area (Å²) in [6, 6.07) is 51.7. The highest BCUT2D eigenvalue weighted by molar-refractivity contribution is 7.26. The minimum Gasteiger partial charge on any atom is -0.306 e. The zero-order valence-corrected chi connectivity index (χ0v) is 27.9. The fraction of sp³-hybridized carbons (Fsp3) is 0. The van der Waals surface area contributed by atoms with Gasteiger partial charge in [-0.1, -0.05) is 72.8 Å². The number of aromatic nitrogens is 2. The quantitative estimate of drug-likeness (QED) is 0.184. The van der Waals surface area contributed by atoms with E-state index in [0.29, 0.717) is 22.5 Å². The van der Waals surface area contributed by atoms with E-state index in [9.17, 15) is 10.5 Å². The normalized spacial score (nSPS) is 12.0. The predicted molar refractivity (Wildman–Crippen MR) is 210 cm³/mol. The van der Waals surface area contributed by atoms with Crippen molar-refractivity contribution in [3.8, 4) is 23.5 Å². The van der Waals surface area contributed by atoms with E-state index in [1.807, 2.05) is 12.1 Å². The van der Waals surface area contributed by atoms with Crippen LogP contribution < -0.4 is 0 Å². The second kappa shape index (κ2) is 10.0. The van der Waals surface area contributed by atoms with Gasteiger partial charge in [0.15, 0.2) is 0 Å². The summed E-state index contributed by atoms with van der Waals surface area (Å²) in [6.45, 7) is 0. The molecule has 7 aromatic carbocycles. The van der Waals surface area contributed by atoms with Crippen molar-refractivity contribution in [1.29, 1.82) is 10.5 Å². The summed E-state index contributed by atoms with van der Waals surface area (Å²) in [4.78, 5) is 0. The molecule has 4 aromatic heterocycles. The van der Waals surface area contributed by atoms with Gasteiger partial charge in [-0.25, -0.2) is 0 Å². The number of rotatable bonds is 2. The van der Waals surface area contributed by atoms with Crippen LogP contribution in [0, 0.1) is 22.7 Å². The number of thiophene rings is 2. The lowest BCUT2D eigenvalue weighted by atomic mass is 10.0. The van der Waals surface area contributed by atoms with E-state index in [0.717, 1.165) is 43.6 Å². The average molecular weight is 671 g/mol. The van der Waals surface area contributed by atoms with Gasteiger partial charge in [0.05, 0.1) is 44.6 Å². The summed E-state index contributed by atoms with van der Waals surface area (Å²) in [7, 11) is 0. The maximum Gasteiger partial charge on any atom is 0.101 e. The van der Waals surface area contributed by atoms with E-state index in [1.54, 1.807) is 34.8 Å². The van der Waals surface area contributed by atoms with Crippen LogP contribution >= 0.6 is 22.7 Å². The Labute approximate surface area is 293 Å². The Bertz CT molecular complexity index is 3130. The first-order valence-electron chi connectivity index (χ1n) is 16.4. The monoisotopic (exact) mass is 670 g/mol. The third kappa shape index (κ3) is 3.56. The zero-order valence-electron chi connectivity index (χ0n) is 26.3. The summed E-state index contributed by atoms with van der Waals surface area (Å²) < 4.78 is 9.39. The second-order valence-electron chi connectivity index (χ2n) is 12.7. The first kappa shape index (κ1) is 27.5. The molecular weight excluding hydrogens is 649 g/mol. The molecule has 0 aliphatic heterocycles. The summed E-state index contributed by atoms with van der Waals surface area (Å²) in [5.41, 5.74) is 6.40. The van der Waals surface area contributed by atoms with Crippen LogP contribution in [0.2, 0.25) is 0 Å². The van der Waals surface area contributed by atoms with Gasteiger partial charge < -0.3 is 9.13 Å². The Morgan fingerprint density at radius 1 is 0.360 bits per heavy atom. The molecule has 0 fully saturated rings. The standard InChI is InChI=1S/C44H22N4S2/c45-23-25-17-18-26(24-46)44(48-36-14-6-2-10-28(36)32-22-42-34(20-38(32)48)30-12-4-8-16-40(30)50-42)43(25)47-35-13-5-1-9-27(35)31-21-41-33(19-37(31)47)29-11-3-7-15-39(29)49-41/h1-22H. The molecule has 0 saturated heterocycles. The average Bonchev–Trinajstić information content (AvgIpc) is 3.89. The maximum absolute atomic E-state index is 10.8. The number of nitriles is 2. The third-order valence-electron chi connectivity index (χ3n) is 10.2. The fourth-order valence-corrected chi connectivity index (χ4v) is 10.3. The summed E-state index contributed by atoms with van der Waals surface area (Å²) in [5.74, 6) is 0. The highest BCUT2D eigenvalue weighted by atomic mass is 32.1. The van der Waals surface area contributed by atoms with Crippen LogP contribution in [0.15, 0.2) is 133 Å². The molecule has 0 saturated carbocycles. The Morgan fingerprint density at radius 2 is 0.760 bits per heavy atom. The molecule has 0 N–H and O–H groups in total. The SMILES string of the molecule is N#Cc1ccc(C#N)c(-n2c3ccccc3c3cc4sc5ccccc5c4cc32)c1-n1c2ccccc2c2cc3sc4ccccc4c3cc21. The minimum absolute atomic E-state index is 0.505. The Hall–Kier alpha value is -6.44. The summed E-state index contributed by atoms with van der Waals surface area (Å²) >= 11 is 3.60. The van der Waals surface area contributed by atoms with Gasteiger partial charge in [0.2, 0.25) is 0 Å². The molecule has 11 rings (SSSR count). The van der Waals surface area contributed by atoms with Crippen molar-refractivity contribution in [3.63, 3.8) is 0 Å². The molecule has 0 atom stereocenters. The molecule has 50 heavy (non-hydrogen) atoms. The van der Waals surface area contributed by atoms with Crippen LogP contribution in [-0.2, 0) is 0 Å². The molecule has 0 radical (unpaired) electrons. The highest BCUT2D eigenvalue weighted by Gasteiger charge is 2.26. The van der Waals surface area contributed by atoms with E-state index in [1.165, 1.54) is 40.3 Å². The Balaban J connectivity index is 1.35. The van der Waals surface area contributed by atoms with Gasteiger partial charge in [0.1, 0.15) is 12.1 Å². The molecule has 0 aliphatic carbocycles. The molecule has 230 valence electrons. The molecule has 0 bridgehead atoms. The molecule has 0 aliphatic rings. The van der Waals surface area contributed by atoms with Crippen LogP contribution in [0.3, 0.4) is 0 Å². The van der Waals surface area contributed by atoms with Crippen LogP contribution in [0.25, 0.3) is 95.3 Å². The van der Waals surface area contributed by atoms with Crippen LogP contribution in [0.1, 0.15) is 11.1 Å². The van der Waals surface area contributed by atoms with Crippen LogP contribution in [0.5, 0.6) is 0 Å². The van der Waals surface area contributed by atoms with E-state index in [2.05, 4.69) is 130 Å². The fourth-order valence-electron chi connectivity index (χ4n) is 8.07. The van der Waals surface area contributed by atoms with Gasteiger partial charge in [0, 0.05) is 61.9 Å². The number of fused-ring (bicyclic) bond motifs is 12. The third-order valence-corrected chi connectivity index (χ3v) is 12.4. The maximum atomic E-state index is 10.8. The van der Waals surface area contributed by atoms with Gasteiger partial charge in [-0.05, 0) is 60.7 Å². The van der Waals surface area contributed by atoms with Gasteiger partial charge in [-0.15, -0.1) is 22.7 Å². The zero-order chi connectivity index (χ0) is 33.1. The van der Waals surface area contributed by atoms with Crippen molar-refractivity contribution in [2.24, 2.45) is 0 Å². The lowest BCUT2D eigenvalue weighted by molar-refractivity contribution is 1.08. The molecule has 4 nitrogen and oxygen atoms in total. The molecule has 6 heteroatoms. The number of hydrogen-bond acceptors (Lipinski definition) is 4. The molecule has 0 amide bonds. The highest BCUT2D eigenvalue weighted by Crippen LogP contribution is 2.45. The van der Waals surface area contributed by atoms with Crippen LogP contribution in [0.4, 0.5) is 0 Å². The minimum atomic E-state index is 0.505. The summed E-state index contributed by atoms with van der Waals surface area (Å²) in [5, 5.41) is 30.9. The van der Waals surface area contributed by atoms with Crippen molar-refractivity contribution >= 4 is 107 Å². The van der Waals surface area contributed by atoms with E-state index >= 15 is 0 Å². The largest absolute Gasteiger partial charge is 0.306 e. The molecule has 0 spiro atoms. The first-order chi connectivity index (χ1) is 24.7. The second-order valence-corrected chi connectivity index (χ2v) is 14.9. The van der Waals surface area contributed by atoms with Gasteiger partial charge >= 0.3 is 0 Å². The molecule has 11 aromatic rings. The predicted octanol–water partition coefficient (Wildman–Crippen LogP) is 12.4. The number of hydrogen-bond donors (Lipinski definition) is 0.